The van der Waals surface area contributed by atoms with Gasteiger partial charge >= 0.3 is 0 Å². The minimum absolute atomic E-state index is 0.684. The molecule has 1 heterocycles. The molecule has 0 fully saturated rings. The van der Waals surface area contributed by atoms with Gasteiger partial charge in [-0.2, -0.15) is 0 Å². The Hall–Kier alpha value is -0.640. The zero-order chi connectivity index (χ0) is 10.8. The van der Waals surface area contributed by atoms with Gasteiger partial charge < -0.3 is 0 Å². The normalized spacial score (nSPS) is 10.3. The van der Waals surface area contributed by atoms with E-state index in [-0.39, 0.29) is 0 Å². The lowest BCUT2D eigenvalue weighted by molar-refractivity contribution is 0.112. The van der Waals surface area contributed by atoms with Gasteiger partial charge in [0.25, 0.3) is 0 Å². The van der Waals surface area contributed by atoms with Crippen molar-refractivity contribution in [2.45, 2.75) is 0 Å². The molecule has 0 atom stereocenters. The van der Waals surface area contributed by atoms with Crippen molar-refractivity contribution in [3.05, 3.63) is 44.7 Å². The summed E-state index contributed by atoms with van der Waals surface area (Å²) in [5, 5.41) is 0.684. The van der Waals surface area contributed by atoms with E-state index in [1.54, 1.807) is 6.07 Å². The van der Waals surface area contributed by atoms with Gasteiger partial charge in [0.05, 0.1) is 9.90 Å². The highest BCUT2D eigenvalue weighted by Gasteiger charge is 2.06. The van der Waals surface area contributed by atoms with Crippen LogP contribution in [0.15, 0.2) is 34.8 Å². The first-order valence-corrected chi connectivity index (χ1v) is 6.20. The highest BCUT2D eigenvalue weighted by Crippen LogP contribution is 2.34. The highest BCUT2D eigenvalue weighted by molar-refractivity contribution is 9.10. The van der Waals surface area contributed by atoms with Crippen LogP contribution in [0.1, 0.15) is 9.67 Å². The summed E-state index contributed by atoms with van der Waals surface area (Å²) in [6, 6.07) is 9.42. The van der Waals surface area contributed by atoms with E-state index in [9.17, 15) is 4.79 Å². The maximum absolute atomic E-state index is 10.6. The number of rotatable bonds is 2. The lowest BCUT2D eigenvalue weighted by Crippen LogP contribution is -1.74. The molecule has 0 amide bonds. The second-order valence-electron chi connectivity index (χ2n) is 2.94. The van der Waals surface area contributed by atoms with Crippen molar-refractivity contribution in [3.8, 4) is 10.4 Å². The third-order valence-corrected chi connectivity index (χ3v) is 3.79. The molecule has 76 valence electrons. The number of carbonyl (C=O) groups excluding carboxylic acids is 1. The molecule has 2 aromatic rings. The standard InChI is InChI=1S/C11H6BrClOS/c12-7-1-3-9(10(13)5-7)11-4-2-8(6-14)15-11/h1-6H. The van der Waals surface area contributed by atoms with Gasteiger partial charge in [0.2, 0.25) is 0 Å². The van der Waals surface area contributed by atoms with Crippen LogP contribution in [-0.4, -0.2) is 6.29 Å². The summed E-state index contributed by atoms with van der Waals surface area (Å²) in [5.74, 6) is 0. The van der Waals surface area contributed by atoms with Crippen molar-refractivity contribution in [1.82, 2.24) is 0 Å². The number of thiophene rings is 1. The number of aldehydes is 1. The molecule has 0 saturated heterocycles. The van der Waals surface area contributed by atoms with Gasteiger partial charge in [-0.25, -0.2) is 0 Å². The number of hydrogen-bond acceptors (Lipinski definition) is 2. The Bertz CT molecular complexity index is 507. The fourth-order valence-corrected chi connectivity index (χ4v) is 2.94. The first-order valence-electron chi connectivity index (χ1n) is 4.21. The summed E-state index contributed by atoms with van der Waals surface area (Å²) in [4.78, 5) is 12.3. The van der Waals surface area contributed by atoms with Crippen molar-refractivity contribution in [2.24, 2.45) is 0 Å². The molecule has 0 bridgehead atoms. The Morgan fingerprint density at radius 2 is 2.07 bits per heavy atom. The summed E-state index contributed by atoms with van der Waals surface area (Å²) in [7, 11) is 0. The van der Waals surface area contributed by atoms with Crippen LogP contribution < -0.4 is 0 Å². The SMILES string of the molecule is O=Cc1ccc(-c2ccc(Br)cc2Cl)s1. The molecule has 15 heavy (non-hydrogen) atoms. The Kier molecular flexibility index (Phi) is 3.24. The molecule has 0 aliphatic rings. The molecule has 0 N–H and O–H groups in total. The predicted molar refractivity (Wildman–Crippen MR) is 67.9 cm³/mol. The lowest BCUT2D eigenvalue weighted by atomic mass is 10.2. The predicted octanol–water partition coefficient (Wildman–Crippen LogP) is 4.64. The monoisotopic (exact) mass is 300 g/mol. The Labute approximate surface area is 105 Å². The average Bonchev–Trinajstić information content (AvgIpc) is 2.66. The minimum Gasteiger partial charge on any atom is -0.297 e. The summed E-state index contributed by atoms with van der Waals surface area (Å²) < 4.78 is 0.948. The van der Waals surface area contributed by atoms with Crippen molar-refractivity contribution in [1.29, 1.82) is 0 Å². The molecule has 4 heteroatoms. The molecule has 1 nitrogen and oxygen atoms in total. The lowest BCUT2D eigenvalue weighted by Gasteiger charge is -2.01. The van der Waals surface area contributed by atoms with E-state index in [1.807, 2.05) is 24.3 Å². The van der Waals surface area contributed by atoms with E-state index >= 15 is 0 Å². The quantitative estimate of drug-likeness (QED) is 0.738. The van der Waals surface area contributed by atoms with Crippen LogP contribution in [0.25, 0.3) is 10.4 Å². The van der Waals surface area contributed by atoms with E-state index in [0.29, 0.717) is 9.90 Å². The second-order valence-corrected chi connectivity index (χ2v) is 5.38. The van der Waals surface area contributed by atoms with E-state index < -0.39 is 0 Å². The van der Waals surface area contributed by atoms with Crippen LogP contribution in [-0.2, 0) is 0 Å². The summed E-state index contributed by atoms with van der Waals surface area (Å²) in [6.45, 7) is 0. The second kappa shape index (κ2) is 4.47. The molecular formula is C11H6BrClOS. The fourth-order valence-electron chi connectivity index (χ4n) is 1.25. The molecule has 1 aromatic carbocycles. The van der Waals surface area contributed by atoms with Crippen molar-refractivity contribution >= 4 is 45.2 Å². The maximum Gasteiger partial charge on any atom is 0.160 e. The van der Waals surface area contributed by atoms with Crippen molar-refractivity contribution in [2.75, 3.05) is 0 Å². The van der Waals surface area contributed by atoms with Crippen molar-refractivity contribution < 1.29 is 4.79 Å². The molecule has 2 rings (SSSR count). The van der Waals surface area contributed by atoms with Crippen LogP contribution in [0.4, 0.5) is 0 Å². The fraction of sp³-hybridized carbons (Fsp3) is 0. The van der Waals surface area contributed by atoms with Crippen molar-refractivity contribution in [3.63, 3.8) is 0 Å². The number of hydrogen-bond donors (Lipinski definition) is 0. The van der Waals surface area contributed by atoms with E-state index in [2.05, 4.69) is 15.9 Å². The topological polar surface area (TPSA) is 17.1 Å². The third-order valence-electron chi connectivity index (χ3n) is 1.94. The summed E-state index contributed by atoms with van der Waals surface area (Å²) in [6.07, 6.45) is 0.848. The molecule has 0 spiro atoms. The molecule has 0 aliphatic heterocycles. The van der Waals surface area contributed by atoms with E-state index in [4.69, 9.17) is 11.6 Å². The van der Waals surface area contributed by atoms with Gasteiger partial charge in [-0.3, -0.25) is 4.79 Å². The van der Waals surface area contributed by atoms with E-state index in [0.717, 1.165) is 21.2 Å². The largest absolute Gasteiger partial charge is 0.297 e. The van der Waals surface area contributed by atoms with Crippen LogP contribution in [0.3, 0.4) is 0 Å². The molecule has 0 radical (unpaired) electrons. The Morgan fingerprint density at radius 1 is 1.27 bits per heavy atom. The highest BCUT2D eigenvalue weighted by atomic mass is 79.9. The van der Waals surface area contributed by atoms with Crippen LogP contribution in [0, 0.1) is 0 Å². The summed E-state index contributed by atoms with van der Waals surface area (Å²) >= 11 is 10.9. The molecule has 0 unspecified atom stereocenters. The van der Waals surface area contributed by atoms with E-state index in [1.165, 1.54) is 11.3 Å². The zero-order valence-electron chi connectivity index (χ0n) is 7.54. The van der Waals surface area contributed by atoms with Gasteiger partial charge in [0, 0.05) is 14.9 Å². The Balaban J connectivity index is 2.49. The maximum atomic E-state index is 10.6. The molecule has 0 aliphatic carbocycles. The first kappa shape index (κ1) is 10.9. The van der Waals surface area contributed by atoms with Gasteiger partial charge in [-0.1, -0.05) is 33.6 Å². The molecular weight excluding hydrogens is 296 g/mol. The first-order chi connectivity index (χ1) is 7.20. The van der Waals surface area contributed by atoms with Gasteiger partial charge in [0.1, 0.15) is 0 Å². The van der Waals surface area contributed by atoms with Crippen LogP contribution in [0.5, 0.6) is 0 Å². The van der Waals surface area contributed by atoms with Gasteiger partial charge in [0.15, 0.2) is 6.29 Å². The zero-order valence-corrected chi connectivity index (χ0v) is 10.7. The average molecular weight is 302 g/mol. The number of benzene rings is 1. The number of halogens is 2. The molecule has 1 aromatic heterocycles. The van der Waals surface area contributed by atoms with Gasteiger partial charge in [-0.15, -0.1) is 11.3 Å². The third kappa shape index (κ3) is 2.30. The van der Waals surface area contributed by atoms with Gasteiger partial charge in [-0.05, 0) is 24.3 Å². The molecule has 0 saturated carbocycles. The minimum atomic E-state index is 0.684. The number of carbonyl (C=O) groups is 1. The summed E-state index contributed by atoms with van der Waals surface area (Å²) in [5.41, 5.74) is 0.956. The smallest absolute Gasteiger partial charge is 0.160 e. The Morgan fingerprint density at radius 3 is 2.67 bits per heavy atom. The van der Waals surface area contributed by atoms with Crippen LogP contribution >= 0.6 is 38.9 Å². The van der Waals surface area contributed by atoms with Crippen LogP contribution in [0.2, 0.25) is 5.02 Å².